The summed E-state index contributed by atoms with van der Waals surface area (Å²) in [6, 6.07) is 12.1. The van der Waals surface area contributed by atoms with Gasteiger partial charge in [0.05, 0.1) is 18.3 Å². The van der Waals surface area contributed by atoms with Crippen molar-refractivity contribution >= 4 is 16.0 Å². The van der Waals surface area contributed by atoms with Gasteiger partial charge in [-0.1, -0.05) is 18.2 Å². The third kappa shape index (κ3) is 3.73. The summed E-state index contributed by atoms with van der Waals surface area (Å²) in [5.41, 5.74) is 0.489. The normalized spacial score (nSPS) is 11.4. The van der Waals surface area contributed by atoms with E-state index in [1.165, 1.54) is 6.20 Å². The van der Waals surface area contributed by atoms with E-state index >= 15 is 0 Å². The first-order chi connectivity index (χ1) is 12.4. The number of benzene rings is 2. The van der Waals surface area contributed by atoms with E-state index in [0.29, 0.717) is 5.89 Å². The standard InChI is InChI=1S/C17H14N2O6S/c20-14-7-6-12(17(21)22)8-15(14)26(23,24)19-10-13-9-18-16(25-13)11-4-2-1-3-5-11/h1-9,19-20H,10H2,(H,21,22). The lowest BCUT2D eigenvalue weighted by atomic mass is 10.2. The maximum atomic E-state index is 12.4. The zero-order valence-electron chi connectivity index (χ0n) is 13.3. The Bertz CT molecular complexity index is 1040. The number of oxazole rings is 1. The number of phenolic OH excluding ortho intramolecular Hbond substituents is 1. The van der Waals surface area contributed by atoms with Crippen LogP contribution in [0, 0.1) is 0 Å². The first-order valence-electron chi connectivity index (χ1n) is 7.43. The Morgan fingerprint density at radius 2 is 1.88 bits per heavy atom. The molecule has 3 rings (SSSR count). The summed E-state index contributed by atoms with van der Waals surface area (Å²) in [5.74, 6) is -1.24. The Labute approximate surface area is 148 Å². The molecule has 0 aliphatic rings. The predicted molar refractivity (Wildman–Crippen MR) is 91.0 cm³/mol. The van der Waals surface area contributed by atoms with Gasteiger partial charge in [0, 0.05) is 5.56 Å². The monoisotopic (exact) mass is 374 g/mol. The van der Waals surface area contributed by atoms with Gasteiger partial charge in [-0.05, 0) is 30.3 Å². The van der Waals surface area contributed by atoms with E-state index in [0.717, 1.165) is 23.8 Å². The first kappa shape index (κ1) is 17.6. The molecular weight excluding hydrogens is 360 g/mol. The molecule has 0 saturated heterocycles. The molecule has 2 aromatic carbocycles. The highest BCUT2D eigenvalue weighted by Crippen LogP contribution is 2.24. The number of hydrogen-bond donors (Lipinski definition) is 3. The van der Waals surface area contributed by atoms with Crippen LogP contribution >= 0.6 is 0 Å². The van der Waals surface area contributed by atoms with Gasteiger partial charge >= 0.3 is 5.97 Å². The maximum absolute atomic E-state index is 12.4. The SMILES string of the molecule is O=C(O)c1ccc(O)c(S(=O)(=O)NCc2cnc(-c3ccccc3)o2)c1. The highest BCUT2D eigenvalue weighted by molar-refractivity contribution is 7.89. The van der Waals surface area contributed by atoms with E-state index in [-0.39, 0.29) is 17.9 Å². The molecule has 0 bridgehead atoms. The molecule has 3 aromatic rings. The number of aromatic carboxylic acids is 1. The lowest BCUT2D eigenvalue weighted by molar-refractivity contribution is 0.0696. The van der Waals surface area contributed by atoms with Gasteiger partial charge < -0.3 is 14.6 Å². The van der Waals surface area contributed by atoms with Crippen molar-refractivity contribution in [3.63, 3.8) is 0 Å². The van der Waals surface area contributed by atoms with Crippen LogP contribution in [-0.2, 0) is 16.6 Å². The Hall–Kier alpha value is -3.17. The number of carboxylic acids is 1. The van der Waals surface area contributed by atoms with Crippen LogP contribution in [0.2, 0.25) is 0 Å². The lowest BCUT2D eigenvalue weighted by Gasteiger charge is -2.08. The summed E-state index contributed by atoms with van der Waals surface area (Å²) in [5, 5.41) is 18.7. The van der Waals surface area contributed by atoms with Gasteiger partial charge in [-0.2, -0.15) is 0 Å². The molecule has 134 valence electrons. The van der Waals surface area contributed by atoms with Crippen molar-refractivity contribution in [2.75, 3.05) is 0 Å². The minimum Gasteiger partial charge on any atom is -0.507 e. The molecule has 0 radical (unpaired) electrons. The average Bonchev–Trinajstić information content (AvgIpc) is 3.10. The van der Waals surface area contributed by atoms with Gasteiger partial charge in [-0.15, -0.1) is 0 Å². The molecule has 0 fully saturated rings. The highest BCUT2D eigenvalue weighted by atomic mass is 32.2. The molecular formula is C17H14N2O6S. The van der Waals surface area contributed by atoms with Crippen LogP contribution in [0.15, 0.2) is 64.0 Å². The summed E-state index contributed by atoms with van der Waals surface area (Å²) in [6.07, 6.45) is 1.39. The first-order valence-corrected chi connectivity index (χ1v) is 8.91. The number of carbonyl (C=O) groups is 1. The van der Waals surface area contributed by atoms with Crippen LogP contribution in [0.5, 0.6) is 5.75 Å². The second-order valence-electron chi connectivity index (χ2n) is 5.31. The zero-order valence-corrected chi connectivity index (χ0v) is 14.1. The van der Waals surface area contributed by atoms with Gasteiger partial charge in [-0.25, -0.2) is 22.9 Å². The van der Waals surface area contributed by atoms with Gasteiger partial charge in [0.15, 0.2) is 0 Å². The quantitative estimate of drug-likeness (QED) is 0.603. The number of rotatable bonds is 6. The van der Waals surface area contributed by atoms with Crippen molar-refractivity contribution < 1.29 is 27.8 Å². The Kier molecular flexibility index (Phi) is 4.74. The maximum Gasteiger partial charge on any atom is 0.335 e. The second-order valence-corrected chi connectivity index (χ2v) is 7.05. The van der Waals surface area contributed by atoms with Gasteiger partial charge in [0.2, 0.25) is 15.9 Å². The van der Waals surface area contributed by atoms with Crippen LogP contribution in [-0.4, -0.2) is 29.6 Å². The largest absolute Gasteiger partial charge is 0.507 e. The fourth-order valence-electron chi connectivity index (χ4n) is 2.21. The summed E-state index contributed by atoms with van der Waals surface area (Å²) in [7, 11) is -4.15. The molecule has 8 nitrogen and oxygen atoms in total. The molecule has 1 aromatic heterocycles. The van der Waals surface area contributed by atoms with Crippen molar-refractivity contribution in [3.05, 3.63) is 66.1 Å². The van der Waals surface area contributed by atoms with Crippen molar-refractivity contribution in [2.24, 2.45) is 0 Å². The third-order valence-corrected chi connectivity index (χ3v) is 4.94. The zero-order chi connectivity index (χ0) is 18.7. The predicted octanol–water partition coefficient (Wildman–Crippen LogP) is 2.22. The number of sulfonamides is 1. The number of carboxylic acid groups (broad SMARTS) is 1. The summed E-state index contributed by atoms with van der Waals surface area (Å²) in [6.45, 7) is -0.209. The third-order valence-electron chi connectivity index (χ3n) is 3.51. The molecule has 9 heteroatoms. The van der Waals surface area contributed by atoms with Crippen LogP contribution in [0.1, 0.15) is 16.1 Å². The van der Waals surface area contributed by atoms with Crippen LogP contribution in [0.25, 0.3) is 11.5 Å². The number of phenols is 1. The molecule has 1 heterocycles. The highest BCUT2D eigenvalue weighted by Gasteiger charge is 2.21. The van der Waals surface area contributed by atoms with Crippen LogP contribution < -0.4 is 4.72 Å². The van der Waals surface area contributed by atoms with Crippen molar-refractivity contribution in [2.45, 2.75) is 11.4 Å². The van der Waals surface area contributed by atoms with Gasteiger partial charge in [-0.3, -0.25) is 0 Å². The molecule has 0 spiro atoms. The molecule has 3 N–H and O–H groups in total. The van der Waals surface area contributed by atoms with Crippen molar-refractivity contribution in [3.8, 4) is 17.2 Å². The van der Waals surface area contributed by atoms with Gasteiger partial charge in [0.1, 0.15) is 16.4 Å². The Morgan fingerprint density at radius 3 is 2.58 bits per heavy atom. The summed E-state index contributed by atoms with van der Waals surface area (Å²) >= 11 is 0. The number of nitrogens with one attached hydrogen (secondary N) is 1. The molecule has 0 amide bonds. The summed E-state index contributed by atoms with van der Waals surface area (Å²) in [4.78, 5) is 14.5. The molecule has 26 heavy (non-hydrogen) atoms. The van der Waals surface area contributed by atoms with Crippen molar-refractivity contribution in [1.29, 1.82) is 0 Å². The number of aromatic nitrogens is 1. The minimum atomic E-state index is -4.15. The lowest BCUT2D eigenvalue weighted by Crippen LogP contribution is -2.23. The fraction of sp³-hybridized carbons (Fsp3) is 0.0588. The van der Waals surface area contributed by atoms with Crippen LogP contribution in [0.3, 0.4) is 0 Å². The Morgan fingerprint density at radius 1 is 1.15 bits per heavy atom. The van der Waals surface area contributed by atoms with E-state index in [4.69, 9.17) is 9.52 Å². The average molecular weight is 374 g/mol. The second kappa shape index (κ2) is 6.98. The number of nitrogens with zero attached hydrogens (tertiary/aromatic N) is 1. The van der Waals surface area contributed by atoms with Crippen molar-refractivity contribution in [1.82, 2.24) is 9.71 Å². The molecule has 0 saturated carbocycles. The fourth-order valence-corrected chi connectivity index (χ4v) is 3.32. The smallest absolute Gasteiger partial charge is 0.335 e. The van der Waals surface area contributed by atoms with E-state index in [1.807, 2.05) is 18.2 Å². The molecule has 0 aliphatic carbocycles. The number of aromatic hydroxyl groups is 1. The minimum absolute atomic E-state index is 0.209. The van der Waals surface area contributed by atoms with E-state index in [1.54, 1.807) is 12.1 Å². The topological polar surface area (TPSA) is 130 Å². The molecule has 0 unspecified atom stereocenters. The van der Waals surface area contributed by atoms with E-state index < -0.39 is 26.6 Å². The Balaban J connectivity index is 1.78. The van der Waals surface area contributed by atoms with E-state index in [2.05, 4.69) is 9.71 Å². The van der Waals surface area contributed by atoms with E-state index in [9.17, 15) is 18.3 Å². The van der Waals surface area contributed by atoms with Gasteiger partial charge in [0.25, 0.3) is 0 Å². The molecule has 0 aliphatic heterocycles. The molecule has 0 atom stereocenters. The summed E-state index contributed by atoms with van der Waals surface area (Å²) < 4.78 is 32.5. The van der Waals surface area contributed by atoms with Crippen LogP contribution in [0.4, 0.5) is 0 Å². The number of hydrogen-bond acceptors (Lipinski definition) is 6.